The number of imidazole rings is 1. The van der Waals surface area contributed by atoms with Gasteiger partial charge in [-0.3, -0.25) is 4.79 Å². The van der Waals surface area contributed by atoms with Crippen molar-refractivity contribution in [3.05, 3.63) is 64.0 Å². The van der Waals surface area contributed by atoms with Crippen molar-refractivity contribution >= 4 is 11.3 Å². The largest absolute Gasteiger partial charge is 0.375 e. The molecule has 5 nitrogen and oxygen atoms in total. The van der Waals surface area contributed by atoms with E-state index in [1.807, 2.05) is 55.0 Å². The summed E-state index contributed by atoms with van der Waals surface area (Å²) in [6.45, 7) is 4.55. The van der Waals surface area contributed by atoms with Crippen molar-refractivity contribution < 1.29 is 0 Å². The summed E-state index contributed by atoms with van der Waals surface area (Å²) in [6, 6.07) is 5.89. The first kappa shape index (κ1) is 13.4. The Hall–Kier alpha value is -2.56. The molecule has 3 aromatic heterocycles. The Morgan fingerprint density at radius 2 is 1.95 bits per heavy atom. The lowest BCUT2D eigenvalue weighted by Gasteiger charge is -2.07. The second kappa shape index (κ2) is 5.09. The van der Waals surface area contributed by atoms with Crippen LogP contribution in [0.2, 0.25) is 0 Å². The highest BCUT2D eigenvalue weighted by Gasteiger charge is 2.05. The third-order valence-electron chi connectivity index (χ3n) is 3.43. The molecule has 0 saturated carbocycles. The number of nitrogens with one attached hydrogen (secondary N) is 1. The standard InChI is InChI=1S/C16H18N4O/c1-11-4-5-15-18-13(10-20(15)9-11)7-17-14-6-12(2)8-19(3)16(14)21/h4-6,8-10,17H,7H2,1-3H3. The van der Waals surface area contributed by atoms with Gasteiger partial charge in [-0.1, -0.05) is 6.07 Å². The van der Waals surface area contributed by atoms with Gasteiger partial charge in [0.25, 0.3) is 5.56 Å². The smallest absolute Gasteiger partial charge is 0.273 e. The summed E-state index contributed by atoms with van der Waals surface area (Å²) in [7, 11) is 1.76. The van der Waals surface area contributed by atoms with Crippen LogP contribution in [0.3, 0.4) is 0 Å². The first-order chi connectivity index (χ1) is 10.0. The molecule has 0 spiro atoms. The molecule has 0 saturated heterocycles. The van der Waals surface area contributed by atoms with E-state index in [0.29, 0.717) is 12.2 Å². The number of pyridine rings is 2. The van der Waals surface area contributed by atoms with Crippen molar-refractivity contribution in [2.24, 2.45) is 7.05 Å². The molecule has 0 aliphatic rings. The van der Waals surface area contributed by atoms with E-state index >= 15 is 0 Å². The van der Waals surface area contributed by atoms with Gasteiger partial charge < -0.3 is 14.3 Å². The van der Waals surface area contributed by atoms with Gasteiger partial charge in [0.1, 0.15) is 11.3 Å². The zero-order chi connectivity index (χ0) is 15.0. The Balaban J connectivity index is 1.85. The zero-order valence-electron chi connectivity index (χ0n) is 12.4. The molecule has 0 aliphatic carbocycles. The molecule has 0 atom stereocenters. The van der Waals surface area contributed by atoms with E-state index in [4.69, 9.17) is 0 Å². The third kappa shape index (κ3) is 2.67. The van der Waals surface area contributed by atoms with Crippen LogP contribution in [-0.4, -0.2) is 14.0 Å². The predicted octanol–water partition coefficient (Wildman–Crippen LogP) is 2.26. The van der Waals surface area contributed by atoms with Crippen LogP contribution in [0.15, 0.2) is 41.6 Å². The number of nitrogens with zero attached hydrogens (tertiary/aromatic N) is 3. The molecule has 1 N–H and O–H groups in total. The Kier molecular flexibility index (Phi) is 3.25. The van der Waals surface area contributed by atoms with Gasteiger partial charge in [0, 0.05) is 25.6 Å². The van der Waals surface area contributed by atoms with Gasteiger partial charge in [0.15, 0.2) is 0 Å². The number of rotatable bonds is 3. The Labute approximate surface area is 122 Å². The molecule has 3 rings (SSSR count). The van der Waals surface area contributed by atoms with Crippen molar-refractivity contribution in [1.29, 1.82) is 0 Å². The topological polar surface area (TPSA) is 51.3 Å². The third-order valence-corrected chi connectivity index (χ3v) is 3.43. The minimum Gasteiger partial charge on any atom is -0.375 e. The van der Waals surface area contributed by atoms with E-state index in [0.717, 1.165) is 16.9 Å². The number of fused-ring (bicyclic) bond motifs is 1. The Morgan fingerprint density at radius 3 is 2.76 bits per heavy atom. The van der Waals surface area contributed by atoms with E-state index in [1.54, 1.807) is 11.6 Å². The van der Waals surface area contributed by atoms with E-state index in [-0.39, 0.29) is 5.56 Å². The molecular weight excluding hydrogens is 264 g/mol. The van der Waals surface area contributed by atoms with Crippen molar-refractivity contribution in [2.45, 2.75) is 20.4 Å². The second-order valence-corrected chi connectivity index (χ2v) is 5.40. The highest BCUT2D eigenvalue weighted by atomic mass is 16.1. The molecule has 0 aliphatic heterocycles. The van der Waals surface area contributed by atoms with Crippen LogP contribution in [0.1, 0.15) is 16.8 Å². The molecule has 3 aromatic rings. The fourth-order valence-electron chi connectivity index (χ4n) is 2.43. The van der Waals surface area contributed by atoms with Crippen molar-refractivity contribution in [1.82, 2.24) is 14.0 Å². The van der Waals surface area contributed by atoms with E-state index in [2.05, 4.69) is 10.3 Å². The van der Waals surface area contributed by atoms with Gasteiger partial charge in [-0.05, 0) is 37.1 Å². The maximum absolute atomic E-state index is 12.0. The summed E-state index contributed by atoms with van der Waals surface area (Å²) >= 11 is 0. The highest BCUT2D eigenvalue weighted by molar-refractivity contribution is 5.45. The van der Waals surface area contributed by atoms with E-state index in [1.165, 1.54) is 5.56 Å². The summed E-state index contributed by atoms with van der Waals surface area (Å²) in [5.74, 6) is 0. The monoisotopic (exact) mass is 282 g/mol. The van der Waals surface area contributed by atoms with Gasteiger partial charge in [-0.25, -0.2) is 4.98 Å². The molecule has 0 fully saturated rings. The quantitative estimate of drug-likeness (QED) is 0.801. The summed E-state index contributed by atoms with van der Waals surface area (Å²) in [6.07, 6.45) is 5.84. The first-order valence-electron chi connectivity index (χ1n) is 6.88. The average Bonchev–Trinajstić information content (AvgIpc) is 2.83. The van der Waals surface area contributed by atoms with Crippen LogP contribution in [0, 0.1) is 13.8 Å². The lowest BCUT2D eigenvalue weighted by atomic mass is 10.3. The summed E-state index contributed by atoms with van der Waals surface area (Å²) in [5, 5.41) is 3.18. The van der Waals surface area contributed by atoms with Crippen LogP contribution in [0.4, 0.5) is 5.69 Å². The Bertz CT molecular complexity index is 860. The van der Waals surface area contributed by atoms with Crippen LogP contribution in [0.5, 0.6) is 0 Å². The van der Waals surface area contributed by atoms with Crippen LogP contribution >= 0.6 is 0 Å². The molecule has 3 heterocycles. The van der Waals surface area contributed by atoms with Crippen molar-refractivity contribution in [3.8, 4) is 0 Å². The molecule has 0 aromatic carbocycles. The lowest BCUT2D eigenvalue weighted by Crippen LogP contribution is -2.21. The van der Waals surface area contributed by atoms with Crippen LogP contribution < -0.4 is 10.9 Å². The fourth-order valence-corrected chi connectivity index (χ4v) is 2.43. The van der Waals surface area contributed by atoms with Gasteiger partial charge in [-0.15, -0.1) is 0 Å². The van der Waals surface area contributed by atoms with Gasteiger partial charge in [0.2, 0.25) is 0 Å². The number of hydrogen-bond donors (Lipinski definition) is 1. The molecule has 5 heteroatoms. The van der Waals surface area contributed by atoms with Gasteiger partial charge in [-0.2, -0.15) is 0 Å². The Morgan fingerprint density at radius 1 is 1.14 bits per heavy atom. The number of hydrogen-bond acceptors (Lipinski definition) is 3. The van der Waals surface area contributed by atoms with Crippen LogP contribution in [-0.2, 0) is 13.6 Å². The number of anilines is 1. The van der Waals surface area contributed by atoms with E-state index < -0.39 is 0 Å². The summed E-state index contributed by atoms with van der Waals surface area (Å²) in [4.78, 5) is 16.6. The van der Waals surface area contributed by atoms with Crippen LogP contribution in [0.25, 0.3) is 5.65 Å². The minimum atomic E-state index is -0.0276. The molecule has 108 valence electrons. The predicted molar refractivity (Wildman–Crippen MR) is 83.7 cm³/mol. The highest BCUT2D eigenvalue weighted by Crippen LogP contribution is 2.09. The van der Waals surface area contributed by atoms with Gasteiger partial charge >= 0.3 is 0 Å². The lowest BCUT2D eigenvalue weighted by molar-refractivity contribution is 0.850. The maximum Gasteiger partial charge on any atom is 0.273 e. The number of aromatic nitrogens is 3. The maximum atomic E-state index is 12.0. The SMILES string of the molecule is Cc1cc(NCc2cn3cc(C)ccc3n2)c(=O)n(C)c1. The summed E-state index contributed by atoms with van der Waals surface area (Å²) in [5.41, 5.74) is 4.63. The first-order valence-corrected chi connectivity index (χ1v) is 6.88. The average molecular weight is 282 g/mol. The fraction of sp³-hybridized carbons (Fsp3) is 0.250. The minimum absolute atomic E-state index is 0.0276. The molecule has 0 unspecified atom stereocenters. The molecule has 0 amide bonds. The number of aryl methyl sites for hydroxylation is 3. The zero-order valence-corrected chi connectivity index (χ0v) is 12.4. The van der Waals surface area contributed by atoms with Crippen molar-refractivity contribution in [2.75, 3.05) is 5.32 Å². The molecule has 0 radical (unpaired) electrons. The molecule has 0 bridgehead atoms. The molecule has 21 heavy (non-hydrogen) atoms. The van der Waals surface area contributed by atoms with Crippen molar-refractivity contribution in [3.63, 3.8) is 0 Å². The summed E-state index contributed by atoms with van der Waals surface area (Å²) < 4.78 is 3.59. The normalized spacial score (nSPS) is 11.0. The van der Waals surface area contributed by atoms with E-state index in [9.17, 15) is 4.79 Å². The van der Waals surface area contributed by atoms with Gasteiger partial charge in [0.05, 0.1) is 12.2 Å². The molecular formula is C16H18N4O. The second-order valence-electron chi connectivity index (χ2n) is 5.40.